The van der Waals surface area contributed by atoms with Gasteiger partial charge in [-0.3, -0.25) is 4.79 Å². The summed E-state index contributed by atoms with van der Waals surface area (Å²) < 4.78 is 39.6. The van der Waals surface area contributed by atoms with Gasteiger partial charge in [0.25, 0.3) is 5.91 Å². The average Bonchev–Trinajstić information content (AvgIpc) is 2.82. The minimum atomic E-state index is -4.49. The lowest BCUT2D eigenvalue weighted by molar-refractivity contribution is -0.137. The fraction of sp³-hybridized carbons (Fsp3) is 0.125. The molecule has 0 atom stereocenters. The molecule has 1 amide bonds. The van der Waals surface area contributed by atoms with Crippen molar-refractivity contribution in [2.75, 3.05) is 10.6 Å². The van der Waals surface area contributed by atoms with Gasteiger partial charge in [-0.15, -0.1) is 5.10 Å². The molecule has 2 N–H and O–H groups in total. The Bertz CT molecular complexity index is 1300. The summed E-state index contributed by atoms with van der Waals surface area (Å²) in [6.07, 6.45) is -4.49. The molecule has 9 heteroatoms. The maximum Gasteiger partial charge on any atom is 0.416 e. The highest BCUT2D eigenvalue weighted by Crippen LogP contribution is 2.31. The Morgan fingerprint density at radius 3 is 2.42 bits per heavy atom. The van der Waals surface area contributed by atoms with Gasteiger partial charge in [-0.2, -0.15) is 18.3 Å². The highest BCUT2D eigenvalue weighted by molar-refractivity contribution is 14.1. The fourth-order valence-corrected chi connectivity index (χ4v) is 3.90. The van der Waals surface area contributed by atoms with Crippen molar-refractivity contribution < 1.29 is 18.0 Å². The summed E-state index contributed by atoms with van der Waals surface area (Å²) in [6, 6.07) is 19.4. The van der Waals surface area contributed by atoms with E-state index in [0.29, 0.717) is 27.7 Å². The Hall–Kier alpha value is -3.21. The Labute approximate surface area is 201 Å². The number of hydrogen-bond acceptors (Lipinski definition) is 4. The number of nitrogens with zero attached hydrogens (tertiary/aromatic N) is 2. The zero-order valence-corrected chi connectivity index (χ0v) is 19.3. The number of amides is 1. The molecule has 33 heavy (non-hydrogen) atoms. The van der Waals surface area contributed by atoms with E-state index in [1.54, 1.807) is 18.2 Å². The molecule has 0 saturated carbocycles. The molecule has 168 valence electrons. The van der Waals surface area contributed by atoms with Crippen LogP contribution in [0.15, 0.2) is 72.8 Å². The molecule has 0 bridgehead atoms. The predicted molar refractivity (Wildman–Crippen MR) is 130 cm³/mol. The maximum absolute atomic E-state index is 13.0. The van der Waals surface area contributed by atoms with Gasteiger partial charge in [0.05, 0.1) is 11.3 Å². The van der Waals surface area contributed by atoms with Crippen LogP contribution in [0.2, 0.25) is 0 Å². The lowest BCUT2D eigenvalue weighted by Gasteiger charge is -2.13. The molecule has 1 aromatic heterocycles. The molecule has 0 saturated heterocycles. The highest BCUT2D eigenvalue weighted by atomic mass is 127. The number of anilines is 2. The van der Waals surface area contributed by atoms with E-state index in [-0.39, 0.29) is 5.69 Å². The molecular weight excluding hydrogens is 544 g/mol. The van der Waals surface area contributed by atoms with Gasteiger partial charge in [-0.05, 0) is 35.9 Å². The highest BCUT2D eigenvalue weighted by Gasteiger charge is 2.30. The summed E-state index contributed by atoms with van der Waals surface area (Å²) in [5, 5.41) is 16.0. The minimum Gasteiger partial charge on any atom is -0.364 e. The normalized spacial score (nSPS) is 11.4. The Morgan fingerprint density at radius 1 is 0.909 bits per heavy atom. The van der Waals surface area contributed by atoms with Crippen LogP contribution in [0, 0.1) is 0 Å². The van der Waals surface area contributed by atoms with Crippen LogP contribution in [0.4, 0.5) is 24.7 Å². The maximum atomic E-state index is 13.0. The number of fused-ring (bicyclic) bond motifs is 1. The van der Waals surface area contributed by atoms with Gasteiger partial charge in [-0.25, -0.2) is 0 Å². The van der Waals surface area contributed by atoms with E-state index in [4.69, 9.17) is 0 Å². The minimum absolute atomic E-state index is 0.0677. The third-order valence-electron chi connectivity index (χ3n) is 5.00. The summed E-state index contributed by atoms with van der Waals surface area (Å²) >= 11 is 2.20. The quantitative estimate of drug-likeness (QED) is 0.210. The zero-order chi connectivity index (χ0) is 23.4. The number of rotatable bonds is 6. The monoisotopic (exact) mass is 562 g/mol. The second kappa shape index (κ2) is 9.74. The number of alkyl halides is 4. The molecule has 0 aliphatic heterocycles. The van der Waals surface area contributed by atoms with Crippen molar-refractivity contribution in [2.24, 2.45) is 0 Å². The molecule has 0 spiro atoms. The molecule has 0 radical (unpaired) electrons. The first-order chi connectivity index (χ1) is 15.8. The van der Waals surface area contributed by atoms with Gasteiger partial charge in [0.2, 0.25) is 0 Å². The smallest absolute Gasteiger partial charge is 0.364 e. The number of carbonyl (C=O) groups is 1. The van der Waals surface area contributed by atoms with E-state index in [1.807, 2.05) is 30.3 Å². The third kappa shape index (κ3) is 5.41. The van der Waals surface area contributed by atoms with Crippen LogP contribution in [0.25, 0.3) is 10.8 Å². The summed E-state index contributed by atoms with van der Waals surface area (Å²) in [5.74, 6) is 0.00856. The van der Waals surface area contributed by atoms with Crippen LogP contribution >= 0.6 is 22.6 Å². The summed E-state index contributed by atoms with van der Waals surface area (Å²) in [4.78, 5) is 12.8. The van der Waals surface area contributed by atoms with Crippen LogP contribution < -0.4 is 10.6 Å². The predicted octanol–water partition coefficient (Wildman–Crippen LogP) is 6.45. The topological polar surface area (TPSA) is 66.9 Å². The van der Waals surface area contributed by atoms with Crippen molar-refractivity contribution in [3.8, 4) is 0 Å². The summed E-state index contributed by atoms with van der Waals surface area (Å²) in [6.45, 7) is 0.523. The molecule has 0 unspecified atom stereocenters. The molecule has 0 aliphatic rings. The van der Waals surface area contributed by atoms with Crippen LogP contribution in [0.1, 0.15) is 27.2 Å². The molecule has 0 fully saturated rings. The summed E-state index contributed by atoms with van der Waals surface area (Å²) in [5.41, 5.74) is 1.38. The molecule has 1 heterocycles. The van der Waals surface area contributed by atoms with Crippen LogP contribution in [-0.4, -0.2) is 16.1 Å². The van der Waals surface area contributed by atoms with Crippen LogP contribution in [0.3, 0.4) is 0 Å². The molecule has 4 rings (SSSR count). The van der Waals surface area contributed by atoms with Crippen LogP contribution in [0.5, 0.6) is 0 Å². The Balaban J connectivity index is 1.64. The van der Waals surface area contributed by atoms with E-state index >= 15 is 0 Å². The Kier molecular flexibility index (Phi) is 6.77. The number of hydrogen-bond donors (Lipinski definition) is 2. The number of benzene rings is 3. The van der Waals surface area contributed by atoms with E-state index < -0.39 is 17.6 Å². The number of halogens is 4. The van der Waals surface area contributed by atoms with Crippen molar-refractivity contribution >= 4 is 50.8 Å². The first-order valence-corrected chi connectivity index (χ1v) is 11.5. The molecular formula is C24H18F3IN4O. The van der Waals surface area contributed by atoms with Crippen molar-refractivity contribution in [1.29, 1.82) is 0 Å². The molecule has 4 aromatic rings. The average molecular weight is 562 g/mol. The van der Waals surface area contributed by atoms with Crippen molar-refractivity contribution in [3.05, 3.63) is 95.2 Å². The fourth-order valence-electron chi connectivity index (χ4n) is 3.34. The Morgan fingerprint density at radius 2 is 1.70 bits per heavy atom. The van der Waals surface area contributed by atoms with Gasteiger partial charge in [0.1, 0.15) is 0 Å². The second-order valence-corrected chi connectivity index (χ2v) is 8.02. The van der Waals surface area contributed by atoms with Gasteiger partial charge in [0.15, 0.2) is 5.82 Å². The zero-order valence-electron chi connectivity index (χ0n) is 17.2. The SMILES string of the molecule is O=C(Nc1cccc(C(F)(F)F)c1)c1ccc2c(CI)nnc(NCc3ccccc3)c2c1. The lowest BCUT2D eigenvalue weighted by Crippen LogP contribution is -2.13. The third-order valence-corrected chi connectivity index (χ3v) is 5.72. The standard InChI is InChI=1S/C24H18F3IN4O/c25-24(26,27)17-7-4-8-18(12-17)30-23(33)16-9-10-19-20(11-16)22(32-31-21(19)13-28)29-14-15-5-2-1-3-6-15/h1-12H,13-14H2,(H,29,32)(H,30,33). The van der Waals surface area contributed by atoms with E-state index in [0.717, 1.165) is 28.8 Å². The number of aromatic nitrogens is 2. The van der Waals surface area contributed by atoms with Crippen LogP contribution in [-0.2, 0) is 17.1 Å². The van der Waals surface area contributed by atoms with Gasteiger partial charge in [0, 0.05) is 33.0 Å². The van der Waals surface area contributed by atoms with E-state index in [2.05, 4.69) is 43.4 Å². The van der Waals surface area contributed by atoms with Crippen molar-refractivity contribution in [2.45, 2.75) is 17.1 Å². The largest absolute Gasteiger partial charge is 0.416 e. The van der Waals surface area contributed by atoms with Crippen molar-refractivity contribution in [3.63, 3.8) is 0 Å². The van der Waals surface area contributed by atoms with E-state index in [9.17, 15) is 18.0 Å². The van der Waals surface area contributed by atoms with Crippen molar-refractivity contribution in [1.82, 2.24) is 10.2 Å². The number of nitrogens with one attached hydrogen (secondary N) is 2. The second-order valence-electron chi connectivity index (χ2n) is 7.26. The lowest BCUT2D eigenvalue weighted by atomic mass is 10.1. The number of carbonyl (C=O) groups excluding carboxylic acids is 1. The first kappa shape index (κ1) is 23.0. The van der Waals surface area contributed by atoms with Gasteiger partial charge >= 0.3 is 6.18 Å². The molecule has 0 aliphatic carbocycles. The molecule has 5 nitrogen and oxygen atoms in total. The van der Waals surface area contributed by atoms with Gasteiger partial charge in [-0.1, -0.05) is 65.1 Å². The van der Waals surface area contributed by atoms with Gasteiger partial charge < -0.3 is 10.6 Å². The first-order valence-electron chi connectivity index (χ1n) is 9.97. The summed E-state index contributed by atoms with van der Waals surface area (Å²) in [7, 11) is 0. The molecule has 3 aromatic carbocycles. The van der Waals surface area contributed by atoms with E-state index in [1.165, 1.54) is 12.1 Å².